The van der Waals surface area contributed by atoms with Gasteiger partial charge in [0.05, 0.1) is 19.7 Å². The van der Waals surface area contributed by atoms with Crippen molar-refractivity contribution in [2.75, 3.05) is 19.1 Å². The molecule has 0 saturated carbocycles. The molecule has 1 heterocycles. The highest BCUT2D eigenvalue weighted by atomic mass is 35.5. The number of aryl methyl sites for hydroxylation is 1. The fraction of sp³-hybridized carbons (Fsp3) is 0.364. The first-order valence-corrected chi connectivity index (χ1v) is 10.0. The van der Waals surface area contributed by atoms with E-state index in [-0.39, 0.29) is 17.9 Å². The first-order chi connectivity index (χ1) is 13.9. The molecule has 1 aliphatic rings. The topological polar surface area (TPSA) is 70.7 Å². The highest BCUT2D eigenvalue weighted by Crippen LogP contribution is 2.31. The van der Waals surface area contributed by atoms with Crippen molar-refractivity contribution in [2.24, 2.45) is 0 Å². The Morgan fingerprint density at radius 3 is 2.79 bits per heavy atom. The van der Waals surface area contributed by atoms with Crippen LogP contribution in [0.5, 0.6) is 5.75 Å². The number of methoxy groups -OCH3 is 1. The Labute approximate surface area is 176 Å². The highest BCUT2D eigenvalue weighted by Gasteiger charge is 2.32. The minimum absolute atomic E-state index is 0.136. The van der Waals surface area contributed by atoms with Gasteiger partial charge >= 0.3 is 0 Å². The maximum Gasteiger partial charge on any atom is 0.249 e. The molecule has 0 fully saturated rings. The summed E-state index contributed by atoms with van der Waals surface area (Å²) in [5.41, 5.74) is 2.77. The van der Waals surface area contributed by atoms with E-state index in [9.17, 15) is 9.59 Å². The lowest BCUT2D eigenvalue weighted by Crippen LogP contribution is -2.52. The normalized spacial score (nSPS) is 17.3. The highest BCUT2D eigenvalue weighted by molar-refractivity contribution is 6.30. The van der Waals surface area contributed by atoms with Gasteiger partial charge in [-0.1, -0.05) is 35.9 Å². The van der Waals surface area contributed by atoms with Crippen LogP contribution in [0, 0.1) is 0 Å². The van der Waals surface area contributed by atoms with Crippen molar-refractivity contribution in [3.05, 3.63) is 58.6 Å². The van der Waals surface area contributed by atoms with Crippen molar-refractivity contribution in [1.29, 1.82) is 0 Å². The van der Waals surface area contributed by atoms with Crippen LogP contribution in [0.1, 0.15) is 24.5 Å². The minimum atomic E-state index is -0.594. The zero-order valence-electron chi connectivity index (χ0n) is 16.9. The second-order valence-electron chi connectivity index (χ2n) is 7.12. The molecule has 0 saturated heterocycles. The van der Waals surface area contributed by atoms with Crippen molar-refractivity contribution in [1.82, 2.24) is 10.6 Å². The summed E-state index contributed by atoms with van der Waals surface area (Å²) in [6, 6.07) is 12.2. The van der Waals surface area contributed by atoms with E-state index in [2.05, 4.69) is 10.6 Å². The summed E-state index contributed by atoms with van der Waals surface area (Å²) in [5, 5.41) is 6.38. The molecular weight excluding hydrogens is 390 g/mol. The van der Waals surface area contributed by atoms with Gasteiger partial charge in [-0.05, 0) is 50.6 Å². The van der Waals surface area contributed by atoms with Crippen LogP contribution < -0.4 is 20.3 Å². The Bertz CT molecular complexity index is 903. The second-order valence-corrected chi connectivity index (χ2v) is 7.56. The molecule has 0 bridgehead atoms. The zero-order chi connectivity index (χ0) is 21.0. The summed E-state index contributed by atoms with van der Waals surface area (Å²) in [7, 11) is 3.30. The third-order valence-electron chi connectivity index (χ3n) is 5.27. The molecule has 2 aromatic carbocycles. The van der Waals surface area contributed by atoms with Gasteiger partial charge in [-0.3, -0.25) is 9.59 Å². The van der Waals surface area contributed by atoms with Crippen LogP contribution in [0.3, 0.4) is 0 Å². The van der Waals surface area contributed by atoms with Gasteiger partial charge in [0.2, 0.25) is 11.8 Å². The van der Waals surface area contributed by atoms with Crippen LogP contribution in [0.2, 0.25) is 5.02 Å². The molecule has 0 radical (unpaired) electrons. The smallest absolute Gasteiger partial charge is 0.249 e. The summed E-state index contributed by atoms with van der Waals surface area (Å²) in [4.78, 5) is 27.6. The second kappa shape index (κ2) is 9.29. The predicted molar refractivity (Wildman–Crippen MR) is 114 cm³/mol. The monoisotopic (exact) mass is 415 g/mol. The van der Waals surface area contributed by atoms with Gasteiger partial charge in [-0.2, -0.15) is 0 Å². The number of hydrogen-bond donors (Lipinski definition) is 2. The van der Waals surface area contributed by atoms with Crippen molar-refractivity contribution in [3.63, 3.8) is 0 Å². The van der Waals surface area contributed by atoms with E-state index in [0.29, 0.717) is 30.2 Å². The Kier molecular flexibility index (Phi) is 6.77. The van der Waals surface area contributed by atoms with Gasteiger partial charge in [0.1, 0.15) is 11.8 Å². The molecule has 2 N–H and O–H groups in total. The molecule has 0 aliphatic carbocycles. The molecule has 2 unspecified atom stereocenters. The molecular formula is C22H26ClN3O3. The average molecular weight is 416 g/mol. The number of anilines is 1. The van der Waals surface area contributed by atoms with E-state index < -0.39 is 6.04 Å². The summed E-state index contributed by atoms with van der Waals surface area (Å²) < 4.78 is 5.46. The first kappa shape index (κ1) is 21.1. The Hall–Kier alpha value is -2.57. The number of carbonyl (C=O) groups excluding carboxylic acids is 2. The Balaban J connectivity index is 1.95. The number of likely N-dealkylation sites (N-methyl/N-ethyl adjacent to an activating group) is 1. The van der Waals surface area contributed by atoms with Crippen molar-refractivity contribution in [3.8, 4) is 5.75 Å². The van der Waals surface area contributed by atoms with E-state index in [1.165, 1.54) is 0 Å². The molecule has 6 nitrogen and oxygen atoms in total. The SMILES string of the molecule is CNC(C)C(=O)NC1CCc2ccccc2N(Cc2ccc(Cl)cc2OC)C1=O. The molecule has 7 heteroatoms. The number of para-hydroxylation sites is 1. The van der Waals surface area contributed by atoms with Crippen LogP contribution in [-0.2, 0) is 22.6 Å². The predicted octanol–water partition coefficient (Wildman–Crippen LogP) is 2.92. The number of nitrogens with one attached hydrogen (secondary N) is 2. The van der Waals surface area contributed by atoms with Gasteiger partial charge < -0.3 is 20.3 Å². The largest absolute Gasteiger partial charge is 0.496 e. The lowest BCUT2D eigenvalue weighted by Gasteiger charge is -2.27. The third kappa shape index (κ3) is 4.71. The molecule has 2 amide bonds. The average Bonchev–Trinajstić information content (AvgIpc) is 2.86. The fourth-order valence-corrected chi connectivity index (χ4v) is 3.62. The molecule has 0 aromatic heterocycles. The number of fused-ring (bicyclic) bond motifs is 1. The number of benzene rings is 2. The lowest BCUT2D eigenvalue weighted by atomic mass is 10.1. The molecule has 2 atom stereocenters. The molecule has 154 valence electrons. The van der Waals surface area contributed by atoms with Gasteiger partial charge in [0, 0.05) is 16.3 Å². The number of amides is 2. The quantitative estimate of drug-likeness (QED) is 0.761. The number of nitrogens with zero attached hydrogens (tertiary/aromatic N) is 1. The molecule has 29 heavy (non-hydrogen) atoms. The first-order valence-electron chi connectivity index (χ1n) is 9.64. The van der Waals surface area contributed by atoms with E-state index in [4.69, 9.17) is 16.3 Å². The van der Waals surface area contributed by atoms with Gasteiger partial charge in [0.15, 0.2) is 0 Å². The lowest BCUT2D eigenvalue weighted by molar-refractivity contribution is -0.128. The van der Waals surface area contributed by atoms with Gasteiger partial charge in [-0.25, -0.2) is 0 Å². The van der Waals surface area contributed by atoms with Crippen LogP contribution in [-0.4, -0.2) is 38.1 Å². The van der Waals surface area contributed by atoms with Crippen LogP contribution in [0.25, 0.3) is 0 Å². The van der Waals surface area contributed by atoms with Gasteiger partial charge in [-0.15, -0.1) is 0 Å². The maximum atomic E-state index is 13.4. The standard InChI is InChI=1S/C22H26ClN3O3/c1-14(24-2)21(27)25-18-11-9-15-6-4-5-7-19(15)26(22(18)28)13-16-8-10-17(23)12-20(16)29-3/h4-8,10,12,14,18,24H,9,11,13H2,1-3H3,(H,25,27). The Morgan fingerprint density at radius 1 is 1.31 bits per heavy atom. The van der Waals surface area contributed by atoms with Crippen LogP contribution in [0.15, 0.2) is 42.5 Å². The van der Waals surface area contributed by atoms with Crippen LogP contribution >= 0.6 is 11.6 Å². The number of halogens is 1. The number of ether oxygens (including phenoxy) is 1. The minimum Gasteiger partial charge on any atom is -0.496 e. The fourth-order valence-electron chi connectivity index (χ4n) is 3.46. The maximum absolute atomic E-state index is 13.4. The Morgan fingerprint density at radius 2 is 2.07 bits per heavy atom. The molecule has 1 aliphatic heterocycles. The summed E-state index contributed by atoms with van der Waals surface area (Å²) in [6.07, 6.45) is 1.25. The summed E-state index contributed by atoms with van der Waals surface area (Å²) >= 11 is 6.08. The van der Waals surface area contributed by atoms with Crippen LogP contribution in [0.4, 0.5) is 5.69 Å². The number of carbonyl (C=O) groups is 2. The summed E-state index contributed by atoms with van der Waals surface area (Å²) in [5.74, 6) is 0.292. The molecule has 2 aromatic rings. The van der Waals surface area contributed by atoms with Gasteiger partial charge in [0.25, 0.3) is 0 Å². The van der Waals surface area contributed by atoms with E-state index in [0.717, 1.165) is 16.8 Å². The summed E-state index contributed by atoms with van der Waals surface area (Å²) in [6.45, 7) is 2.09. The van der Waals surface area contributed by atoms with E-state index in [1.807, 2.05) is 30.3 Å². The number of rotatable bonds is 6. The van der Waals surface area contributed by atoms with E-state index >= 15 is 0 Å². The third-order valence-corrected chi connectivity index (χ3v) is 5.50. The number of hydrogen-bond acceptors (Lipinski definition) is 4. The molecule has 0 spiro atoms. The van der Waals surface area contributed by atoms with Crippen molar-refractivity contribution in [2.45, 2.75) is 38.4 Å². The zero-order valence-corrected chi connectivity index (χ0v) is 17.6. The molecule has 3 rings (SSSR count). The van der Waals surface area contributed by atoms with E-state index in [1.54, 1.807) is 38.1 Å². The van der Waals surface area contributed by atoms with Crippen molar-refractivity contribution < 1.29 is 14.3 Å². The van der Waals surface area contributed by atoms with Crippen molar-refractivity contribution >= 4 is 29.1 Å².